The molecule has 0 spiro atoms. The average molecular weight is 240 g/mol. The Balaban J connectivity index is 2.13. The molecular formula is C14H12N2O2. The van der Waals surface area contributed by atoms with E-state index in [1.165, 1.54) is 12.1 Å². The summed E-state index contributed by atoms with van der Waals surface area (Å²) in [7, 11) is 0. The summed E-state index contributed by atoms with van der Waals surface area (Å²) >= 11 is 0. The van der Waals surface area contributed by atoms with Crippen molar-refractivity contribution in [1.82, 2.24) is 4.98 Å². The summed E-state index contributed by atoms with van der Waals surface area (Å²) in [5.74, 6) is 0. The molecule has 0 saturated heterocycles. The van der Waals surface area contributed by atoms with Crippen LogP contribution in [0.2, 0.25) is 0 Å². The minimum absolute atomic E-state index is 0.0978. The minimum Gasteiger partial charge on any atom is -0.258 e. The molecule has 0 radical (unpaired) electrons. The molecule has 90 valence electrons. The van der Waals surface area contributed by atoms with Crippen LogP contribution in [0.15, 0.2) is 42.6 Å². The summed E-state index contributed by atoms with van der Waals surface area (Å²) < 4.78 is 0. The van der Waals surface area contributed by atoms with Gasteiger partial charge < -0.3 is 0 Å². The highest BCUT2D eigenvalue weighted by molar-refractivity contribution is 5.68. The molecule has 2 aromatic rings. The van der Waals surface area contributed by atoms with E-state index in [4.69, 9.17) is 0 Å². The molecule has 0 unspecified atom stereocenters. The lowest BCUT2D eigenvalue weighted by atomic mass is 10.2. The second-order valence-electron chi connectivity index (χ2n) is 3.94. The van der Waals surface area contributed by atoms with Crippen molar-refractivity contribution in [3.63, 3.8) is 0 Å². The maximum absolute atomic E-state index is 10.5. The van der Waals surface area contributed by atoms with Gasteiger partial charge in [-0.15, -0.1) is 0 Å². The van der Waals surface area contributed by atoms with Crippen molar-refractivity contribution in [2.24, 2.45) is 0 Å². The molecule has 0 saturated carbocycles. The first-order valence-electron chi connectivity index (χ1n) is 5.50. The van der Waals surface area contributed by atoms with Gasteiger partial charge in [0.05, 0.1) is 10.6 Å². The van der Waals surface area contributed by atoms with Crippen molar-refractivity contribution in [2.75, 3.05) is 0 Å². The molecule has 1 aromatic carbocycles. The Morgan fingerprint density at radius 2 is 1.83 bits per heavy atom. The van der Waals surface area contributed by atoms with Crippen LogP contribution >= 0.6 is 0 Å². The summed E-state index contributed by atoms with van der Waals surface area (Å²) in [5, 5.41) is 10.5. The van der Waals surface area contributed by atoms with E-state index in [1.807, 2.05) is 31.2 Å². The number of nitro benzene ring substituents is 1. The van der Waals surface area contributed by atoms with Gasteiger partial charge in [-0.1, -0.05) is 12.1 Å². The monoisotopic (exact) mass is 240 g/mol. The number of aryl methyl sites for hydroxylation is 1. The molecule has 1 heterocycles. The molecule has 2 rings (SSSR count). The van der Waals surface area contributed by atoms with Crippen molar-refractivity contribution in [3.05, 3.63) is 69.5 Å². The number of nitrogens with zero attached hydrogens (tertiary/aromatic N) is 2. The zero-order chi connectivity index (χ0) is 13.0. The summed E-state index contributed by atoms with van der Waals surface area (Å²) in [4.78, 5) is 14.3. The lowest BCUT2D eigenvalue weighted by Gasteiger charge is -1.95. The molecule has 0 bridgehead atoms. The van der Waals surface area contributed by atoms with Crippen LogP contribution in [0.25, 0.3) is 12.2 Å². The van der Waals surface area contributed by atoms with Crippen LogP contribution in [-0.4, -0.2) is 9.91 Å². The Bertz CT molecular complexity index is 572. The second-order valence-corrected chi connectivity index (χ2v) is 3.94. The minimum atomic E-state index is -0.408. The molecule has 0 aliphatic rings. The third kappa shape index (κ3) is 3.01. The average Bonchev–Trinajstić information content (AvgIpc) is 2.38. The maximum Gasteiger partial charge on any atom is 0.269 e. The maximum atomic E-state index is 10.5. The van der Waals surface area contributed by atoms with Crippen molar-refractivity contribution < 1.29 is 4.92 Å². The second kappa shape index (κ2) is 5.23. The molecule has 0 atom stereocenters. The number of aromatic nitrogens is 1. The number of non-ortho nitro benzene ring substituents is 1. The first-order valence-corrected chi connectivity index (χ1v) is 5.50. The van der Waals surface area contributed by atoms with Crippen molar-refractivity contribution in [3.8, 4) is 0 Å². The lowest BCUT2D eigenvalue weighted by Crippen LogP contribution is -1.86. The van der Waals surface area contributed by atoms with Crippen LogP contribution in [0.4, 0.5) is 5.69 Å². The third-order valence-corrected chi connectivity index (χ3v) is 2.48. The standard InChI is InChI=1S/C14H12N2O2/c1-11-2-6-13(15-10-11)7-3-12-4-8-14(9-5-12)16(17)18/h2-10H,1H3. The topological polar surface area (TPSA) is 56.0 Å². The highest BCUT2D eigenvalue weighted by atomic mass is 16.6. The van der Waals surface area contributed by atoms with E-state index in [0.717, 1.165) is 16.8 Å². The van der Waals surface area contributed by atoms with Crippen LogP contribution in [0.3, 0.4) is 0 Å². The van der Waals surface area contributed by atoms with Gasteiger partial charge in [0.1, 0.15) is 0 Å². The molecule has 18 heavy (non-hydrogen) atoms. The first-order chi connectivity index (χ1) is 8.65. The van der Waals surface area contributed by atoms with E-state index in [1.54, 1.807) is 18.3 Å². The van der Waals surface area contributed by atoms with Gasteiger partial charge >= 0.3 is 0 Å². The van der Waals surface area contributed by atoms with Gasteiger partial charge in [-0.05, 0) is 42.3 Å². The van der Waals surface area contributed by atoms with E-state index in [0.29, 0.717) is 0 Å². The Morgan fingerprint density at radius 3 is 2.39 bits per heavy atom. The van der Waals surface area contributed by atoms with E-state index >= 15 is 0 Å². The molecule has 4 nitrogen and oxygen atoms in total. The molecule has 0 N–H and O–H groups in total. The van der Waals surface area contributed by atoms with E-state index in [2.05, 4.69) is 4.98 Å². The SMILES string of the molecule is Cc1ccc(C=Cc2ccc([N+](=O)[O-])cc2)nc1. The highest BCUT2D eigenvalue weighted by Gasteiger charge is 2.02. The van der Waals surface area contributed by atoms with Crippen molar-refractivity contribution in [1.29, 1.82) is 0 Å². The van der Waals surface area contributed by atoms with E-state index in [9.17, 15) is 10.1 Å². The molecule has 0 fully saturated rings. The quantitative estimate of drug-likeness (QED) is 0.609. The smallest absolute Gasteiger partial charge is 0.258 e. The summed E-state index contributed by atoms with van der Waals surface area (Å²) in [5.41, 5.74) is 2.98. The fourth-order valence-corrected chi connectivity index (χ4v) is 1.47. The largest absolute Gasteiger partial charge is 0.269 e. The molecule has 0 aliphatic heterocycles. The molecule has 0 aliphatic carbocycles. The first kappa shape index (κ1) is 12.0. The zero-order valence-electron chi connectivity index (χ0n) is 9.91. The Kier molecular flexibility index (Phi) is 3.48. The predicted octanol–water partition coefficient (Wildman–Crippen LogP) is 3.47. The zero-order valence-corrected chi connectivity index (χ0v) is 9.91. The van der Waals surface area contributed by atoms with E-state index in [-0.39, 0.29) is 5.69 Å². The summed E-state index contributed by atoms with van der Waals surface area (Å²) in [6.07, 6.45) is 5.55. The number of hydrogen-bond donors (Lipinski definition) is 0. The molecule has 0 amide bonds. The van der Waals surface area contributed by atoms with Gasteiger partial charge in [-0.3, -0.25) is 15.1 Å². The van der Waals surface area contributed by atoms with Crippen LogP contribution in [-0.2, 0) is 0 Å². The van der Waals surface area contributed by atoms with E-state index < -0.39 is 4.92 Å². The number of nitro groups is 1. The lowest BCUT2D eigenvalue weighted by molar-refractivity contribution is -0.384. The van der Waals surface area contributed by atoms with Crippen LogP contribution in [0.1, 0.15) is 16.8 Å². The molecular weight excluding hydrogens is 228 g/mol. The number of rotatable bonds is 3. The predicted molar refractivity (Wildman–Crippen MR) is 71.0 cm³/mol. The number of hydrogen-bond acceptors (Lipinski definition) is 3. The van der Waals surface area contributed by atoms with Crippen molar-refractivity contribution >= 4 is 17.8 Å². The van der Waals surface area contributed by atoms with Gasteiger partial charge in [-0.25, -0.2) is 0 Å². The van der Waals surface area contributed by atoms with Crippen LogP contribution in [0.5, 0.6) is 0 Å². The fourth-order valence-electron chi connectivity index (χ4n) is 1.47. The molecule has 4 heteroatoms. The third-order valence-electron chi connectivity index (χ3n) is 2.48. The number of benzene rings is 1. The Morgan fingerprint density at radius 1 is 1.11 bits per heavy atom. The number of pyridine rings is 1. The van der Waals surface area contributed by atoms with Gasteiger partial charge in [0.15, 0.2) is 0 Å². The van der Waals surface area contributed by atoms with Gasteiger partial charge in [0.2, 0.25) is 0 Å². The summed E-state index contributed by atoms with van der Waals surface area (Å²) in [6, 6.07) is 10.3. The van der Waals surface area contributed by atoms with Crippen molar-refractivity contribution in [2.45, 2.75) is 6.92 Å². The Labute approximate surface area is 105 Å². The van der Waals surface area contributed by atoms with Gasteiger partial charge in [0.25, 0.3) is 5.69 Å². The fraction of sp³-hybridized carbons (Fsp3) is 0.0714. The van der Waals surface area contributed by atoms with Gasteiger partial charge in [-0.2, -0.15) is 0 Å². The Hall–Kier alpha value is -2.49. The van der Waals surface area contributed by atoms with Crippen LogP contribution in [0, 0.1) is 17.0 Å². The van der Waals surface area contributed by atoms with Crippen LogP contribution < -0.4 is 0 Å². The normalized spacial score (nSPS) is 10.7. The summed E-state index contributed by atoms with van der Waals surface area (Å²) in [6.45, 7) is 1.98. The molecule has 1 aromatic heterocycles. The highest BCUT2D eigenvalue weighted by Crippen LogP contribution is 2.13. The van der Waals surface area contributed by atoms with Gasteiger partial charge in [0, 0.05) is 18.3 Å².